The van der Waals surface area contributed by atoms with Gasteiger partial charge in [-0.3, -0.25) is 4.99 Å². The summed E-state index contributed by atoms with van der Waals surface area (Å²) >= 11 is 0. The van der Waals surface area contributed by atoms with Crippen molar-refractivity contribution in [2.45, 2.75) is 19.9 Å². The summed E-state index contributed by atoms with van der Waals surface area (Å²) < 4.78 is 13.4. The van der Waals surface area contributed by atoms with Crippen LogP contribution >= 0.6 is 0 Å². The van der Waals surface area contributed by atoms with Gasteiger partial charge in [0.1, 0.15) is 5.82 Å². The molecule has 0 spiro atoms. The molecule has 1 aromatic rings. The fourth-order valence-corrected chi connectivity index (χ4v) is 2.59. The van der Waals surface area contributed by atoms with Crippen LogP contribution in [0, 0.1) is 5.82 Å². The van der Waals surface area contributed by atoms with Gasteiger partial charge in [-0.1, -0.05) is 26.0 Å². The number of halogens is 1. The number of hydrogen-bond donors (Lipinski definition) is 1. The molecule has 1 heterocycles. The van der Waals surface area contributed by atoms with E-state index in [0.717, 1.165) is 31.7 Å². The largest absolute Gasteiger partial charge is 0.370 e. The molecule has 0 bridgehead atoms. The maximum absolute atomic E-state index is 13.4. The topological polar surface area (TPSA) is 44.9 Å². The molecule has 0 aliphatic carbocycles. The first kappa shape index (κ1) is 14.8. The third kappa shape index (κ3) is 3.28. The van der Waals surface area contributed by atoms with E-state index in [0.29, 0.717) is 12.5 Å². The predicted octanol–water partition coefficient (Wildman–Crippen LogP) is 1.84. The smallest absolute Gasteiger partial charge is 0.191 e. The van der Waals surface area contributed by atoms with Gasteiger partial charge in [0, 0.05) is 13.1 Å². The van der Waals surface area contributed by atoms with Gasteiger partial charge >= 0.3 is 0 Å². The van der Waals surface area contributed by atoms with E-state index >= 15 is 0 Å². The van der Waals surface area contributed by atoms with Gasteiger partial charge in [-0.25, -0.2) is 4.39 Å². The molecular formula is C15H23FN4. The maximum Gasteiger partial charge on any atom is 0.191 e. The van der Waals surface area contributed by atoms with E-state index in [9.17, 15) is 4.39 Å². The number of aliphatic imine (C=N–C) groups is 1. The van der Waals surface area contributed by atoms with Crippen molar-refractivity contribution in [3.63, 3.8) is 0 Å². The molecule has 0 amide bonds. The highest BCUT2D eigenvalue weighted by Crippen LogP contribution is 2.25. The maximum atomic E-state index is 13.4. The average Bonchev–Trinajstić information content (AvgIpc) is 2.81. The van der Waals surface area contributed by atoms with Crippen molar-refractivity contribution >= 4 is 5.96 Å². The van der Waals surface area contributed by atoms with Crippen LogP contribution in [-0.4, -0.2) is 48.5 Å². The molecule has 1 unspecified atom stereocenters. The first-order valence-corrected chi connectivity index (χ1v) is 7.20. The number of rotatable bonds is 6. The molecule has 1 aliphatic heterocycles. The SMILES string of the molecule is CCN(CC)CCN1C(N)=NCC1c1cccc(F)c1. The molecule has 0 saturated heterocycles. The predicted molar refractivity (Wildman–Crippen MR) is 80.1 cm³/mol. The van der Waals surface area contributed by atoms with E-state index in [4.69, 9.17) is 5.73 Å². The molecular weight excluding hydrogens is 255 g/mol. The van der Waals surface area contributed by atoms with E-state index in [1.807, 2.05) is 6.07 Å². The number of benzene rings is 1. The first-order chi connectivity index (χ1) is 9.65. The Labute approximate surface area is 120 Å². The van der Waals surface area contributed by atoms with Gasteiger partial charge in [0.15, 0.2) is 5.96 Å². The number of nitrogens with two attached hydrogens (primary N) is 1. The van der Waals surface area contributed by atoms with Crippen LogP contribution < -0.4 is 5.73 Å². The summed E-state index contributed by atoms with van der Waals surface area (Å²) in [5.74, 6) is 0.350. The molecule has 1 aliphatic rings. The monoisotopic (exact) mass is 278 g/mol. The van der Waals surface area contributed by atoms with E-state index in [2.05, 4.69) is 28.6 Å². The van der Waals surface area contributed by atoms with Crippen molar-refractivity contribution in [3.8, 4) is 0 Å². The zero-order valence-corrected chi connectivity index (χ0v) is 12.2. The lowest BCUT2D eigenvalue weighted by Gasteiger charge is -2.29. The van der Waals surface area contributed by atoms with Crippen LogP contribution in [0.1, 0.15) is 25.5 Å². The zero-order chi connectivity index (χ0) is 14.5. The number of likely N-dealkylation sites (N-methyl/N-ethyl adjacent to an activating group) is 1. The summed E-state index contributed by atoms with van der Waals surface area (Å²) in [6.45, 7) is 8.70. The van der Waals surface area contributed by atoms with Gasteiger partial charge in [0.25, 0.3) is 0 Å². The van der Waals surface area contributed by atoms with Crippen molar-refractivity contribution < 1.29 is 4.39 Å². The number of guanidine groups is 1. The quantitative estimate of drug-likeness (QED) is 0.863. The minimum Gasteiger partial charge on any atom is -0.370 e. The van der Waals surface area contributed by atoms with Gasteiger partial charge in [-0.05, 0) is 30.8 Å². The summed E-state index contributed by atoms with van der Waals surface area (Å²) in [4.78, 5) is 8.73. The Balaban J connectivity index is 2.06. The first-order valence-electron chi connectivity index (χ1n) is 7.20. The zero-order valence-electron chi connectivity index (χ0n) is 12.2. The molecule has 1 aromatic carbocycles. The second-order valence-corrected chi connectivity index (χ2v) is 4.99. The van der Waals surface area contributed by atoms with E-state index in [1.54, 1.807) is 12.1 Å². The number of hydrogen-bond acceptors (Lipinski definition) is 4. The highest BCUT2D eigenvalue weighted by Gasteiger charge is 2.27. The summed E-state index contributed by atoms with van der Waals surface area (Å²) in [6, 6.07) is 6.77. The standard InChI is InChI=1S/C15H23FN4/c1-3-19(4-2)8-9-20-14(11-18-15(20)17)12-6-5-7-13(16)10-12/h5-7,10,14H,3-4,8-9,11H2,1-2H3,(H2,17,18). The van der Waals surface area contributed by atoms with Crippen LogP contribution in [-0.2, 0) is 0 Å². The van der Waals surface area contributed by atoms with Crippen LogP contribution in [0.25, 0.3) is 0 Å². The van der Waals surface area contributed by atoms with Crippen molar-refractivity contribution in [2.75, 3.05) is 32.7 Å². The molecule has 2 rings (SSSR count). The van der Waals surface area contributed by atoms with E-state index < -0.39 is 0 Å². The van der Waals surface area contributed by atoms with Crippen LogP contribution in [0.4, 0.5) is 4.39 Å². The van der Waals surface area contributed by atoms with Gasteiger partial charge in [-0.15, -0.1) is 0 Å². The molecule has 2 N–H and O–H groups in total. The Morgan fingerprint density at radius 1 is 1.40 bits per heavy atom. The summed E-state index contributed by atoms with van der Waals surface area (Å²) in [7, 11) is 0. The average molecular weight is 278 g/mol. The third-order valence-electron chi connectivity index (χ3n) is 3.88. The molecule has 4 nitrogen and oxygen atoms in total. The number of nitrogens with zero attached hydrogens (tertiary/aromatic N) is 3. The molecule has 0 fully saturated rings. The molecule has 1 atom stereocenters. The fraction of sp³-hybridized carbons (Fsp3) is 0.533. The van der Waals surface area contributed by atoms with Gasteiger partial charge in [0.05, 0.1) is 12.6 Å². The second-order valence-electron chi connectivity index (χ2n) is 4.99. The minimum atomic E-state index is -0.211. The summed E-state index contributed by atoms with van der Waals surface area (Å²) in [5, 5.41) is 0. The Morgan fingerprint density at radius 2 is 2.15 bits per heavy atom. The van der Waals surface area contributed by atoms with Gasteiger partial charge < -0.3 is 15.5 Å². The lowest BCUT2D eigenvalue weighted by atomic mass is 10.1. The second kappa shape index (κ2) is 6.70. The summed E-state index contributed by atoms with van der Waals surface area (Å²) in [5.41, 5.74) is 6.92. The van der Waals surface area contributed by atoms with Crippen LogP contribution in [0.2, 0.25) is 0 Å². The molecule has 0 aromatic heterocycles. The highest BCUT2D eigenvalue weighted by atomic mass is 19.1. The normalized spacial score (nSPS) is 18.7. The summed E-state index contributed by atoms with van der Waals surface area (Å²) in [6.07, 6.45) is 0. The van der Waals surface area contributed by atoms with E-state index in [-0.39, 0.29) is 11.9 Å². The fourth-order valence-electron chi connectivity index (χ4n) is 2.59. The van der Waals surface area contributed by atoms with Crippen molar-refractivity contribution in [1.82, 2.24) is 9.80 Å². The Hall–Kier alpha value is -1.62. The van der Waals surface area contributed by atoms with Crippen LogP contribution in [0.5, 0.6) is 0 Å². The minimum absolute atomic E-state index is 0.0567. The van der Waals surface area contributed by atoms with Gasteiger partial charge in [-0.2, -0.15) is 0 Å². The van der Waals surface area contributed by atoms with Crippen molar-refractivity contribution in [3.05, 3.63) is 35.6 Å². The lowest BCUT2D eigenvalue weighted by molar-refractivity contribution is 0.248. The molecule has 0 saturated carbocycles. The highest BCUT2D eigenvalue weighted by molar-refractivity contribution is 5.80. The molecule has 5 heteroatoms. The van der Waals surface area contributed by atoms with Crippen LogP contribution in [0.15, 0.2) is 29.3 Å². The lowest BCUT2D eigenvalue weighted by Crippen LogP contribution is -2.41. The van der Waals surface area contributed by atoms with Crippen LogP contribution in [0.3, 0.4) is 0 Å². The Bertz CT molecular complexity index is 471. The van der Waals surface area contributed by atoms with E-state index in [1.165, 1.54) is 6.07 Å². The van der Waals surface area contributed by atoms with Crippen molar-refractivity contribution in [2.24, 2.45) is 10.7 Å². The molecule has 20 heavy (non-hydrogen) atoms. The molecule has 0 radical (unpaired) electrons. The third-order valence-corrected chi connectivity index (χ3v) is 3.88. The molecule has 110 valence electrons. The van der Waals surface area contributed by atoms with Gasteiger partial charge in [0.2, 0.25) is 0 Å². The Kier molecular flexibility index (Phi) is 4.95. The Morgan fingerprint density at radius 3 is 2.80 bits per heavy atom. The van der Waals surface area contributed by atoms with Crippen molar-refractivity contribution in [1.29, 1.82) is 0 Å².